The topological polar surface area (TPSA) is 12.5 Å². The predicted molar refractivity (Wildman–Crippen MR) is 62.2 cm³/mol. The van der Waals surface area contributed by atoms with Crippen LogP contribution < -0.4 is 0 Å². The van der Waals surface area contributed by atoms with E-state index >= 15 is 0 Å². The fourth-order valence-electron chi connectivity index (χ4n) is 2.75. The first kappa shape index (κ1) is 9.37. The maximum Gasteiger partial charge on any atom is 0.123 e. The molecular formula is C15H11FO. The number of rotatable bonds is 0. The fraction of sp³-hybridized carbons (Fsp3) is 0.200. The van der Waals surface area contributed by atoms with Gasteiger partial charge in [0.05, 0.1) is 0 Å². The maximum atomic E-state index is 13.3. The van der Waals surface area contributed by atoms with Crippen molar-refractivity contribution in [1.29, 1.82) is 0 Å². The van der Waals surface area contributed by atoms with Gasteiger partial charge in [-0.1, -0.05) is 30.3 Å². The number of hydrogen-bond acceptors (Lipinski definition) is 1. The molecule has 2 heteroatoms. The molecule has 2 atom stereocenters. The predicted octanol–water partition coefficient (Wildman–Crippen LogP) is 3.54. The van der Waals surface area contributed by atoms with E-state index in [-0.39, 0.29) is 18.0 Å². The fourth-order valence-corrected chi connectivity index (χ4v) is 2.75. The molecule has 0 N–H and O–H groups in total. The minimum Gasteiger partial charge on any atom is -0.359 e. The largest absolute Gasteiger partial charge is 0.359 e. The molecule has 1 saturated heterocycles. The Morgan fingerprint density at radius 3 is 2.65 bits per heavy atom. The van der Waals surface area contributed by atoms with Gasteiger partial charge in [0.1, 0.15) is 18.0 Å². The highest BCUT2D eigenvalue weighted by Gasteiger charge is 2.45. The average molecular weight is 226 g/mol. The van der Waals surface area contributed by atoms with Gasteiger partial charge in [-0.25, -0.2) is 4.39 Å². The van der Waals surface area contributed by atoms with E-state index in [0.29, 0.717) is 0 Å². The summed E-state index contributed by atoms with van der Waals surface area (Å²) in [6.45, 7) is 0. The van der Waals surface area contributed by atoms with Gasteiger partial charge in [0.2, 0.25) is 0 Å². The van der Waals surface area contributed by atoms with Gasteiger partial charge in [-0.3, -0.25) is 0 Å². The summed E-state index contributed by atoms with van der Waals surface area (Å²) in [6, 6.07) is 13.4. The number of fused-ring (bicyclic) bond motifs is 5. The molecule has 1 aliphatic carbocycles. The van der Waals surface area contributed by atoms with Crippen molar-refractivity contribution in [3.63, 3.8) is 0 Å². The number of ether oxygens (including phenoxy) is 1. The number of hydrogen-bond donors (Lipinski definition) is 0. The monoisotopic (exact) mass is 226 g/mol. The lowest BCUT2D eigenvalue weighted by Crippen LogP contribution is -1.95. The minimum atomic E-state index is -0.177. The van der Waals surface area contributed by atoms with E-state index in [0.717, 1.165) is 12.0 Å². The van der Waals surface area contributed by atoms with Crippen molar-refractivity contribution in [1.82, 2.24) is 0 Å². The molecule has 1 nitrogen and oxygen atoms in total. The third-order valence-corrected chi connectivity index (χ3v) is 3.65. The van der Waals surface area contributed by atoms with Gasteiger partial charge in [-0.15, -0.1) is 0 Å². The summed E-state index contributed by atoms with van der Waals surface area (Å²) in [5, 5.41) is 0. The summed E-state index contributed by atoms with van der Waals surface area (Å²) in [7, 11) is 0. The quantitative estimate of drug-likeness (QED) is 0.626. The third-order valence-electron chi connectivity index (χ3n) is 3.65. The van der Waals surface area contributed by atoms with Crippen LogP contribution in [0.1, 0.15) is 34.5 Å². The van der Waals surface area contributed by atoms with E-state index in [1.54, 1.807) is 6.07 Å². The Bertz CT molecular complexity index is 606. The average Bonchev–Trinajstić information content (AvgIpc) is 3.11. The zero-order chi connectivity index (χ0) is 11.4. The van der Waals surface area contributed by atoms with E-state index in [4.69, 9.17) is 4.74 Å². The number of epoxide rings is 1. The second-order valence-corrected chi connectivity index (χ2v) is 4.70. The molecule has 2 aliphatic rings. The van der Waals surface area contributed by atoms with Crippen LogP contribution in [0.15, 0.2) is 42.5 Å². The van der Waals surface area contributed by atoms with Gasteiger partial charge in [0, 0.05) is 0 Å². The molecule has 4 rings (SSSR count). The van der Waals surface area contributed by atoms with Crippen molar-refractivity contribution in [2.24, 2.45) is 0 Å². The summed E-state index contributed by atoms with van der Waals surface area (Å²) >= 11 is 0. The Balaban J connectivity index is 1.92. The van der Waals surface area contributed by atoms with Gasteiger partial charge in [0.25, 0.3) is 0 Å². The number of benzene rings is 2. The maximum absolute atomic E-state index is 13.3. The van der Waals surface area contributed by atoms with Gasteiger partial charge >= 0.3 is 0 Å². The molecule has 0 bridgehead atoms. The molecule has 1 aliphatic heterocycles. The highest BCUT2D eigenvalue weighted by Crippen LogP contribution is 2.54. The van der Waals surface area contributed by atoms with Crippen LogP contribution in [0.2, 0.25) is 0 Å². The Morgan fingerprint density at radius 2 is 1.71 bits per heavy atom. The van der Waals surface area contributed by atoms with Crippen molar-refractivity contribution in [2.75, 3.05) is 0 Å². The smallest absolute Gasteiger partial charge is 0.123 e. The molecule has 0 unspecified atom stereocenters. The highest BCUT2D eigenvalue weighted by atomic mass is 19.1. The first-order valence-corrected chi connectivity index (χ1v) is 5.84. The Hall–Kier alpha value is -1.67. The summed E-state index contributed by atoms with van der Waals surface area (Å²) in [5.41, 5.74) is 4.76. The van der Waals surface area contributed by atoms with E-state index in [1.807, 2.05) is 18.2 Å². The minimum absolute atomic E-state index is 0.0596. The van der Waals surface area contributed by atoms with Crippen LogP contribution in [0, 0.1) is 5.82 Å². The molecule has 2 aromatic rings. The highest BCUT2D eigenvalue weighted by molar-refractivity contribution is 5.46. The summed E-state index contributed by atoms with van der Waals surface area (Å²) in [6.07, 6.45) is 1.07. The second kappa shape index (κ2) is 3.17. The molecule has 2 aromatic carbocycles. The Morgan fingerprint density at radius 1 is 0.941 bits per heavy atom. The van der Waals surface area contributed by atoms with E-state index < -0.39 is 0 Å². The van der Waals surface area contributed by atoms with Crippen LogP contribution in [-0.4, -0.2) is 0 Å². The molecular weight excluding hydrogens is 215 g/mol. The first-order valence-electron chi connectivity index (χ1n) is 5.84. The lowest BCUT2D eigenvalue weighted by Gasteiger charge is -2.07. The van der Waals surface area contributed by atoms with Crippen LogP contribution in [-0.2, 0) is 11.2 Å². The molecule has 0 radical (unpaired) electrons. The van der Waals surface area contributed by atoms with Crippen molar-refractivity contribution >= 4 is 0 Å². The van der Waals surface area contributed by atoms with E-state index in [2.05, 4.69) is 12.1 Å². The van der Waals surface area contributed by atoms with Crippen LogP contribution in [0.3, 0.4) is 0 Å². The van der Waals surface area contributed by atoms with Crippen LogP contribution in [0.5, 0.6) is 0 Å². The van der Waals surface area contributed by atoms with E-state index in [1.165, 1.54) is 22.8 Å². The van der Waals surface area contributed by atoms with Gasteiger partial charge in [0.15, 0.2) is 0 Å². The normalized spacial score (nSPS) is 24.3. The second-order valence-electron chi connectivity index (χ2n) is 4.70. The van der Waals surface area contributed by atoms with Crippen molar-refractivity contribution in [3.8, 4) is 0 Å². The molecule has 17 heavy (non-hydrogen) atoms. The van der Waals surface area contributed by atoms with E-state index in [9.17, 15) is 4.39 Å². The SMILES string of the molecule is Fc1ccc2c(c1)[C@@H]1O[C@H]1c1ccccc1C2. The van der Waals surface area contributed by atoms with Crippen LogP contribution >= 0.6 is 0 Å². The lowest BCUT2D eigenvalue weighted by atomic mass is 10.00. The number of halogens is 1. The van der Waals surface area contributed by atoms with Crippen LogP contribution in [0.4, 0.5) is 4.39 Å². The molecule has 1 fully saturated rings. The summed E-state index contributed by atoms with van der Waals surface area (Å²) in [5.74, 6) is -0.177. The molecule has 84 valence electrons. The zero-order valence-electron chi connectivity index (χ0n) is 9.19. The lowest BCUT2D eigenvalue weighted by molar-refractivity contribution is 0.374. The third kappa shape index (κ3) is 1.34. The first-order chi connectivity index (χ1) is 8.33. The summed E-state index contributed by atoms with van der Waals surface area (Å²) < 4.78 is 19.0. The van der Waals surface area contributed by atoms with Crippen molar-refractivity contribution in [3.05, 3.63) is 70.5 Å². The van der Waals surface area contributed by atoms with Gasteiger partial charge in [-0.05, 0) is 40.8 Å². The Kier molecular flexibility index (Phi) is 1.75. The van der Waals surface area contributed by atoms with Gasteiger partial charge in [-0.2, -0.15) is 0 Å². The molecule has 0 aromatic heterocycles. The zero-order valence-corrected chi connectivity index (χ0v) is 9.19. The van der Waals surface area contributed by atoms with Crippen LogP contribution in [0.25, 0.3) is 0 Å². The molecule has 0 saturated carbocycles. The Labute approximate surface area is 98.9 Å². The van der Waals surface area contributed by atoms with Crippen molar-refractivity contribution < 1.29 is 9.13 Å². The standard InChI is InChI=1S/C15H11FO/c16-11-6-5-10-7-9-3-1-2-4-12(9)14-15(17-14)13(10)8-11/h1-6,8,14-15H,7H2/t14-,15-/m0/s1. The molecule has 0 amide bonds. The summed E-state index contributed by atoms with van der Waals surface area (Å²) in [4.78, 5) is 0. The van der Waals surface area contributed by atoms with Crippen molar-refractivity contribution in [2.45, 2.75) is 18.6 Å². The molecule has 1 heterocycles. The molecule has 0 spiro atoms. The van der Waals surface area contributed by atoms with Gasteiger partial charge < -0.3 is 4.74 Å².